The third-order valence-electron chi connectivity index (χ3n) is 11.6. The standard InChI is InChI=1S/C46H70N6O10/c1-28(2)32(6)50-39(10-9-21-48-44(47)56)43(55)51-36-16-14-35(15-17-36)26-58-45(57)49-25-38-24-46(27-59-46)23-37(62-38)18-11-29(3)12-19-41-30(4)22-40(33(7)61-41)52-42(54)20-13-31(5)60-34(8)53/h11-18,20,28,30-33,37-41,50H,9-10,19,21-27H2,1-8H3,(H,49,57)(H,51,55)(H,52,54)(H3,47,48,56)/b18-11+,20-13-,29-12+/t30-,31-,32?,33+,37+,38-,39-,40+,41-,46+/m0/s1. The van der Waals surface area contributed by atoms with Gasteiger partial charge >= 0.3 is 18.1 Å². The Kier molecular flexibility index (Phi) is 19.5. The Morgan fingerprint density at radius 3 is 2.37 bits per heavy atom. The van der Waals surface area contributed by atoms with Crippen LogP contribution < -0.4 is 32.3 Å². The summed E-state index contributed by atoms with van der Waals surface area (Å²) in [6.07, 6.45) is 11.6. The number of nitrogens with one attached hydrogen (secondary N) is 5. The van der Waals surface area contributed by atoms with Gasteiger partial charge in [-0.1, -0.05) is 56.7 Å². The predicted octanol–water partition coefficient (Wildman–Crippen LogP) is 5.32. The summed E-state index contributed by atoms with van der Waals surface area (Å²) in [6, 6.07) is 6.05. The lowest BCUT2D eigenvalue weighted by molar-refractivity contribution is -0.143. The van der Waals surface area contributed by atoms with Crippen LogP contribution in [0.2, 0.25) is 0 Å². The first-order valence-corrected chi connectivity index (χ1v) is 22.0. The molecule has 0 radical (unpaired) electrons. The van der Waals surface area contributed by atoms with Gasteiger partial charge in [-0.05, 0) is 89.0 Å². The molecule has 1 aromatic rings. The number of carbonyl (C=O) groups is 5. The smallest absolute Gasteiger partial charge is 0.407 e. The number of allylic oxidation sites excluding steroid dienone is 2. The highest BCUT2D eigenvalue weighted by molar-refractivity contribution is 5.94. The Morgan fingerprint density at radius 2 is 1.71 bits per heavy atom. The van der Waals surface area contributed by atoms with Crippen molar-refractivity contribution in [3.63, 3.8) is 0 Å². The van der Waals surface area contributed by atoms with Gasteiger partial charge in [-0.25, -0.2) is 9.59 Å². The van der Waals surface area contributed by atoms with E-state index in [0.29, 0.717) is 44.0 Å². The molecule has 3 aliphatic heterocycles. The van der Waals surface area contributed by atoms with Gasteiger partial charge in [0.2, 0.25) is 11.8 Å². The number of esters is 1. The van der Waals surface area contributed by atoms with Crippen molar-refractivity contribution >= 4 is 35.6 Å². The number of nitrogens with two attached hydrogens (primary N) is 1. The number of ether oxygens (including phenoxy) is 5. The van der Waals surface area contributed by atoms with Crippen molar-refractivity contribution in [2.24, 2.45) is 17.6 Å². The first kappa shape index (κ1) is 49.9. The largest absolute Gasteiger partial charge is 0.459 e. The zero-order valence-electron chi connectivity index (χ0n) is 37.7. The third kappa shape index (κ3) is 17.5. The van der Waals surface area contributed by atoms with Crippen LogP contribution in [0.1, 0.15) is 99.5 Å². The molecular weight excluding hydrogens is 797 g/mol. The Bertz CT molecular complexity index is 1750. The minimum Gasteiger partial charge on any atom is -0.459 e. The number of epoxide rings is 1. The second kappa shape index (κ2) is 24.2. The summed E-state index contributed by atoms with van der Waals surface area (Å²) in [5.74, 6) is -0.280. The maximum Gasteiger partial charge on any atom is 0.407 e. The molecule has 4 rings (SSSR count). The van der Waals surface area contributed by atoms with E-state index in [9.17, 15) is 24.0 Å². The Labute approximate surface area is 366 Å². The maximum absolute atomic E-state index is 13.2. The number of hydrogen-bond acceptors (Lipinski definition) is 11. The van der Waals surface area contributed by atoms with Crippen LogP contribution in [-0.4, -0.2) is 104 Å². The van der Waals surface area contributed by atoms with E-state index in [-0.39, 0.29) is 73.0 Å². The molecule has 0 aromatic heterocycles. The SMILES string of the molecule is CC(=O)O[C@@H](C)/C=C\C(=O)N[C@@H]1C[C@H](C)[C@H](C/C=C(C)/C=C/[C@@H]2C[C@]3(CO3)C[C@@H](CNC(=O)OCc3ccc(NC(=O)[C@H](CCCNC(N)=O)NC(C)C(C)C)cc3)O2)O[C@@H]1C. The molecule has 0 aliphatic carbocycles. The molecule has 16 nitrogen and oxygen atoms in total. The first-order valence-electron chi connectivity index (χ1n) is 22.0. The van der Waals surface area contributed by atoms with E-state index >= 15 is 0 Å². The molecule has 7 N–H and O–H groups in total. The van der Waals surface area contributed by atoms with Crippen LogP contribution in [0.5, 0.6) is 0 Å². The lowest BCUT2D eigenvalue weighted by Gasteiger charge is -2.39. The molecule has 3 aliphatic rings. The summed E-state index contributed by atoms with van der Waals surface area (Å²) in [5, 5.41) is 14.8. The molecule has 3 fully saturated rings. The Balaban J connectivity index is 1.18. The molecule has 3 heterocycles. The van der Waals surface area contributed by atoms with Crippen molar-refractivity contribution in [1.29, 1.82) is 0 Å². The average molecular weight is 867 g/mol. The van der Waals surface area contributed by atoms with E-state index in [1.807, 2.05) is 26.8 Å². The minimum atomic E-state index is -0.594. The Morgan fingerprint density at radius 1 is 0.984 bits per heavy atom. The van der Waals surface area contributed by atoms with Crippen LogP contribution in [0.15, 0.2) is 60.2 Å². The second-order valence-corrected chi connectivity index (χ2v) is 17.4. The van der Waals surface area contributed by atoms with Crippen molar-refractivity contribution in [2.45, 2.75) is 155 Å². The highest BCUT2D eigenvalue weighted by Crippen LogP contribution is 2.42. The van der Waals surface area contributed by atoms with Crippen LogP contribution in [0.4, 0.5) is 15.3 Å². The lowest BCUT2D eigenvalue weighted by Crippen LogP contribution is -2.50. The molecule has 62 heavy (non-hydrogen) atoms. The van der Waals surface area contributed by atoms with E-state index in [4.69, 9.17) is 29.4 Å². The number of benzene rings is 1. The molecule has 16 heteroatoms. The van der Waals surface area contributed by atoms with Crippen LogP contribution >= 0.6 is 0 Å². The summed E-state index contributed by atoms with van der Waals surface area (Å²) < 4.78 is 29.1. The molecule has 0 saturated carbocycles. The Hall–Kier alpha value is -4.77. The summed E-state index contributed by atoms with van der Waals surface area (Å²) in [7, 11) is 0. The van der Waals surface area contributed by atoms with Crippen LogP contribution in [0.3, 0.4) is 0 Å². The quantitative estimate of drug-likeness (QED) is 0.0305. The number of primary amides is 1. The van der Waals surface area contributed by atoms with Gasteiger partial charge in [-0.2, -0.15) is 0 Å². The van der Waals surface area contributed by atoms with Gasteiger partial charge < -0.3 is 56.0 Å². The van der Waals surface area contributed by atoms with Gasteiger partial charge in [-0.3, -0.25) is 14.4 Å². The number of amides is 5. The molecular formula is C46H70N6O10. The summed E-state index contributed by atoms with van der Waals surface area (Å²) in [6.45, 7) is 16.7. The fourth-order valence-corrected chi connectivity index (χ4v) is 7.50. The molecule has 1 spiro atoms. The number of anilines is 1. The van der Waals surface area contributed by atoms with Crippen molar-refractivity contribution in [3.8, 4) is 0 Å². The number of rotatable bonds is 21. The third-order valence-corrected chi connectivity index (χ3v) is 11.6. The second-order valence-electron chi connectivity index (χ2n) is 17.4. The summed E-state index contributed by atoms with van der Waals surface area (Å²) >= 11 is 0. The average Bonchev–Trinajstić information content (AvgIpc) is 3.96. The number of urea groups is 1. The normalized spacial score (nSPS) is 26.4. The van der Waals surface area contributed by atoms with Crippen LogP contribution in [0.25, 0.3) is 0 Å². The highest BCUT2D eigenvalue weighted by atomic mass is 16.6. The fraction of sp³-hybridized carbons (Fsp3) is 0.630. The van der Waals surface area contributed by atoms with Gasteiger partial charge in [0.1, 0.15) is 12.7 Å². The summed E-state index contributed by atoms with van der Waals surface area (Å²) in [5.41, 5.74) is 7.38. The van der Waals surface area contributed by atoms with Gasteiger partial charge in [0.15, 0.2) is 0 Å². The molecule has 5 amide bonds. The van der Waals surface area contributed by atoms with E-state index in [1.54, 1.807) is 37.3 Å². The van der Waals surface area contributed by atoms with Crippen molar-refractivity contribution < 1.29 is 47.7 Å². The van der Waals surface area contributed by atoms with E-state index in [1.165, 1.54) is 13.0 Å². The molecule has 344 valence electrons. The van der Waals surface area contributed by atoms with E-state index < -0.39 is 30.2 Å². The van der Waals surface area contributed by atoms with Gasteiger partial charge in [0.25, 0.3) is 0 Å². The monoisotopic (exact) mass is 867 g/mol. The predicted molar refractivity (Wildman–Crippen MR) is 236 cm³/mol. The van der Waals surface area contributed by atoms with Crippen molar-refractivity contribution in [1.82, 2.24) is 21.3 Å². The topological polar surface area (TPSA) is 221 Å². The van der Waals surface area contributed by atoms with Crippen molar-refractivity contribution in [2.75, 3.05) is 25.0 Å². The fourth-order valence-electron chi connectivity index (χ4n) is 7.50. The first-order chi connectivity index (χ1) is 29.4. The van der Waals surface area contributed by atoms with Gasteiger partial charge in [0, 0.05) is 50.7 Å². The van der Waals surface area contributed by atoms with Crippen LogP contribution in [-0.2, 0) is 44.7 Å². The molecule has 3 saturated heterocycles. The molecule has 10 atom stereocenters. The number of carbonyl (C=O) groups excluding carboxylic acids is 5. The zero-order valence-corrected chi connectivity index (χ0v) is 37.7. The maximum atomic E-state index is 13.2. The van der Waals surface area contributed by atoms with Gasteiger partial charge in [0.05, 0.1) is 48.7 Å². The highest BCUT2D eigenvalue weighted by Gasteiger charge is 2.51. The molecule has 1 unspecified atom stereocenters. The molecule has 1 aromatic carbocycles. The number of alkyl carbamates (subject to hydrolysis) is 1. The summed E-state index contributed by atoms with van der Waals surface area (Å²) in [4.78, 5) is 60.6. The van der Waals surface area contributed by atoms with Crippen molar-refractivity contribution in [3.05, 3.63) is 65.8 Å². The van der Waals surface area contributed by atoms with E-state index in [2.05, 4.69) is 59.5 Å². The minimum absolute atomic E-state index is 0.00738. The molecule has 0 bridgehead atoms. The lowest BCUT2D eigenvalue weighted by atomic mass is 9.88. The van der Waals surface area contributed by atoms with E-state index in [0.717, 1.165) is 30.4 Å². The zero-order chi connectivity index (χ0) is 45.4. The number of hydrogen-bond donors (Lipinski definition) is 6. The van der Waals surface area contributed by atoms with Gasteiger partial charge in [-0.15, -0.1) is 0 Å². The van der Waals surface area contributed by atoms with Crippen LogP contribution in [0, 0.1) is 11.8 Å².